The molecule has 0 aromatic heterocycles. The average Bonchev–Trinajstić information content (AvgIpc) is 2.21. The molecule has 0 aliphatic rings. The van der Waals surface area contributed by atoms with Crippen molar-refractivity contribution < 1.29 is 14.3 Å². The normalized spacial score (nSPS) is 14.1. The fraction of sp³-hybridized carbons (Fsp3) is 0.300. The van der Waals surface area contributed by atoms with Gasteiger partial charge in [-0.05, 0) is 18.2 Å². The summed E-state index contributed by atoms with van der Waals surface area (Å²) in [5.41, 5.74) is 0. The van der Waals surface area contributed by atoms with Crippen LogP contribution < -0.4 is 4.74 Å². The molecule has 16 heavy (non-hydrogen) atoms. The van der Waals surface area contributed by atoms with Crippen LogP contribution in [0.15, 0.2) is 18.2 Å². The maximum atomic E-state index is 11.3. The molecule has 1 aromatic carbocycles. The summed E-state index contributed by atoms with van der Waals surface area (Å²) in [6.45, 7) is 1.37. The number of carbonyl (C=O) groups excluding carboxylic acids is 1. The minimum atomic E-state index is -1.62. The summed E-state index contributed by atoms with van der Waals surface area (Å²) >= 11 is 17.4. The lowest BCUT2D eigenvalue weighted by Crippen LogP contribution is -2.36. The van der Waals surface area contributed by atoms with Crippen LogP contribution in [0.1, 0.15) is 6.92 Å². The van der Waals surface area contributed by atoms with Crippen LogP contribution >= 0.6 is 34.8 Å². The largest absolute Gasteiger partial charge is 0.465 e. The zero-order chi connectivity index (χ0) is 12.3. The fourth-order valence-electron chi connectivity index (χ4n) is 0.988. The number of rotatable bonds is 3. The van der Waals surface area contributed by atoms with E-state index in [1.54, 1.807) is 6.07 Å². The Balaban J connectivity index is 2.92. The molecule has 0 aliphatic carbocycles. The first-order chi connectivity index (χ1) is 7.36. The average molecular weight is 284 g/mol. The highest BCUT2D eigenvalue weighted by molar-refractivity contribution is 6.36. The molecule has 0 radical (unpaired) electrons. The standard InChI is InChI=1S/C10H9Cl3O3/c1-10(13,9(14)15-2)16-8-4-3-6(11)5-7(8)12/h3-5H,1-2H3. The molecule has 0 bridgehead atoms. The second-order valence-electron chi connectivity index (χ2n) is 3.09. The highest BCUT2D eigenvalue weighted by atomic mass is 35.5. The van der Waals surface area contributed by atoms with Crippen LogP contribution in [0.2, 0.25) is 10.0 Å². The van der Waals surface area contributed by atoms with Gasteiger partial charge in [-0.25, -0.2) is 4.79 Å². The lowest BCUT2D eigenvalue weighted by Gasteiger charge is -2.21. The quantitative estimate of drug-likeness (QED) is 0.629. The molecule has 0 fully saturated rings. The number of benzene rings is 1. The van der Waals surface area contributed by atoms with Crippen LogP contribution in [0, 0.1) is 0 Å². The van der Waals surface area contributed by atoms with E-state index in [4.69, 9.17) is 39.5 Å². The molecule has 1 rings (SSSR count). The third-order valence-corrected chi connectivity index (χ3v) is 2.51. The van der Waals surface area contributed by atoms with Gasteiger partial charge in [0, 0.05) is 11.9 Å². The van der Waals surface area contributed by atoms with Crippen LogP contribution in [0.25, 0.3) is 0 Å². The molecule has 88 valence electrons. The zero-order valence-corrected chi connectivity index (χ0v) is 10.9. The summed E-state index contributed by atoms with van der Waals surface area (Å²) in [5.74, 6) is -0.450. The van der Waals surface area contributed by atoms with Gasteiger partial charge < -0.3 is 9.47 Å². The van der Waals surface area contributed by atoms with Gasteiger partial charge in [-0.2, -0.15) is 0 Å². The number of methoxy groups -OCH3 is 1. The van der Waals surface area contributed by atoms with Crippen molar-refractivity contribution in [3.63, 3.8) is 0 Å². The van der Waals surface area contributed by atoms with E-state index in [0.29, 0.717) is 5.02 Å². The molecule has 0 N–H and O–H groups in total. The molecule has 1 atom stereocenters. The van der Waals surface area contributed by atoms with Gasteiger partial charge in [0.25, 0.3) is 5.06 Å². The molecule has 3 nitrogen and oxygen atoms in total. The number of esters is 1. The minimum absolute atomic E-state index is 0.258. The number of hydrogen-bond donors (Lipinski definition) is 0. The summed E-state index contributed by atoms with van der Waals surface area (Å²) in [6.07, 6.45) is 0. The lowest BCUT2D eigenvalue weighted by molar-refractivity contribution is -0.150. The van der Waals surface area contributed by atoms with Gasteiger partial charge in [0.1, 0.15) is 5.75 Å². The second-order valence-corrected chi connectivity index (χ2v) is 4.65. The summed E-state index contributed by atoms with van der Waals surface area (Å²) in [7, 11) is 1.22. The van der Waals surface area contributed by atoms with Crippen LogP contribution in [-0.4, -0.2) is 18.1 Å². The first-order valence-electron chi connectivity index (χ1n) is 4.28. The topological polar surface area (TPSA) is 35.5 Å². The Labute approximate surface area is 108 Å². The SMILES string of the molecule is COC(=O)C(C)(Cl)Oc1ccc(Cl)cc1Cl. The molecule has 0 aliphatic heterocycles. The van der Waals surface area contributed by atoms with Gasteiger partial charge in [0.05, 0.1) is 12.1 Å². The third-order valence-electron chi connectivity index (χ3n) is 1.75. The Morgan fingerprint density at radius 3 is 2.50 bits per heavy atom. The molecule has 1 unspecified atom stereocenters. The van der Waals surface area contributed by atoms with Crippen molar-refractivity contribution in [1.29, 1.82) is 0 Å². The number of ether oxygens (including phenoxy) is 2. The summed E-state index contributed by atoms with van der Waals surface area (Å²) < 4.78 is 9.73. The second kappa shape index (κ2) is 5.13. The number of hydrogen-bond acceptors (Lipinski definition) is 3. The molecule has 0 spiro atoms. The van der Waals surface area contributed by atoms with Crippen molar-refractivity contribution in [1.82, 2.24) is 0 Å². The van der Waals surface area contributed by atoms with E-state index >= 15 is 0 Å². The van der Waals surface area contributed by atoms with Crippen LogP contribution in [0.3, 0.4) is 0 Å². The smallest absolute Gasteiger partial charge is 0.366 e. The Kier molecular flexibility index (Phi) is 4.30. The number of halogens is 3. The van der Waals surface area contributed by atoms with Gasteiger partial charge in [-0.1, -0.05) is 34.8 Å². The Morgan fingerprint density at radius 1 is 1.38 bits per heavy atom. The summed E-state index contributed by atoms with van der Waals surface area (Å²) in [6, 6.07) is 4.59. The highest BCUT2D eigenvalue weighted by Gasteiger charge is 2.34. The third kappa shape index (κ3) is 3.17. The van der Waals surface area contributed by atoms with Gasteiger partial charge >= 0.3 is 5.97 Å². The van der Waals surface area contributed by atoms with Gasteiger partial charge in [0.2, 0.25) is 0 Å². The first kappa shape index (κ1) is 13.4. The number of carbonyl (C=O) groups is 1. The zero-order valence-electron chi connectivity index (χ0n) is 8.59. The van der Waals surface area contributed by atoms with E-state index < -0.39 is 11.0 Å². The van der Waals surface area contributed by atoms with Crippen molar-refractivity contribution in [2.24, 2.45) is 0 Å². The van der Waals surface area contributed by atoms with Crippen LogP contribution in [0.4, 0.5) is 0 Å². The highest BCUT2D eigenvalue weighted by Crippen LogP contribution is 2.32. The molecular formula is C10H9Cl3O3. The maximum absolute atomic E-state index is 11.3. The van der Waals surface area contributed by atoms with Gasteiger partial charge in [-0.15, -0.1) is 0 Å². The van der Waals surface area contributed by atoms with Gasteiger partial charge in [0.15, 0.2) is 0 Å². The van der Waals surface area contributed by atoms with Crippen molar-refractivity contribution >= 4 is 40.8 Å². The predicted molar refractivity (Wildman–Crippen MR) is 63.4 cm³/mol. The van der Waals surface area contributed by atoms with Crippen molar-refractivity contribution in [2.75, 3.05) is 7.11 Å². The van der Waals surface area contributed by atoms with E-state index in [-0.39, 0.29) is 10.8 Å². The van der Waals surface area contributed by atoms with Crippen molar-refractivity contribution in [3.05, 3.63) is 28.2 Å². The van der Waals surface area contributed by atoms with E-state index in [0.717, 1.165) is 0 Å². The van der Waals surface area contributed by atoms with E-state index in [1.165, 1.54) is 26.2 Å². The van der Waals surface area contributed by atoms with Crippen molar-refractivity contribution in [2.45, 2.75) is 12.0 Å². The van der Waals surface area contributed by atoms with Crippen molar-refractivity contribution in [3.8, 4) is 5.75 Å². The number of alkyl halides is 1. The molecular weight excluding hydrogens is 274 g/mol. The fourth-order valence-corrected chi connectivity index (χ4v) is 1.60. The Bertz CT molecular complexity index is 404. The first-order valence-corrected chi connectivity index (χ1v) is 5.41. The predicted octanol–water partition coefficient (Wildman–Crippen LogP) is 3.50. The summed E-state index contributed by atoms with van der Waals surface area (Å²) in [4.78, 5) is 11.3. The van der Waals surface area contributed by atoms with E-state index in [9.17, 15) is 4.79 Å². The maximum Gasteiger partial charge on any atom is 0.366 e. The Morgan fingerprint density at radius 2 is 2.00 bits per heavy atom. The molecule has 0 amide bonds. The van der Waals surface area contributed by atoms with Crippen LogP contribution in [-0.2, 0) is 9.53 Å². The van der Waals surface area contributed by atoms with Gasteiger partial charge in [-0.3, -0.25) is 0 Å². The van der Waals surface area contributed by atoms with E-state index in [2.05, 4.69) is 4.74 Å². The molecule has 0 heterocycles. The van der Waals surface area contributed by atoms with E-state index in [1.807, 2.05) is 0 Å². The lowest BCUT2D eigenvalue weighted by atomic mass is 10.3. The molecule has 0 saturated carbocycles. The minimum Gasteiger partial charge on any atom is -0.465 e. The molecule has 1 aromatic rings. The monoisotopic (exact) mass is 282 g/mol. The summed E-state index contributed by atoms with van der Waals surface area (Å²) in [5, 5.41) is -0.887. The van der Waals surface area contributed by atoms with Crippen LogP contribution in [0.5, 0.6) is 5.75 Å². The molecule has 0 saturated heterocycles. The molecule has 6 heteroatoms. The Hall–Kier alpha value is -0.640.